The van der Waals surface area contributed by atoms with E-state index in [1.54, 1.807) is 48.7 Å². The number of anilines is 1. The fourth-order valence-corrected chi connectivity index (χ4v) is 5.54. The van der Waals surface area contributed by atoms with Crippen LogP contribution in [0.1, 0.15) is 55.8 Å². The van der Waals surface area contributed by atoms with Gasteiger partial charge in [0.2, 0.25) is 0 Å². The van der Waals surface area contributed by atoms with Crippen LogP contribution in [0.5, 0.6) is 5.75 Å². The second kappa shape index (κ2) is 11.7. The molecule has 2 heterocycles. The molecular weight excluding hydrogens is 502 g/mol. The molecule has 0 unspecified atom stereocenters. The fourth-order valence-electron chi connectivity index (χ4n) is 3.67. The Bertz CT molecular complexity index is 1310. The van der Waals surface area contributed by atoms with Crippen LogP contribution in [-0.2, 0) is 27.2 Å². The molecule has 0 radical (unpaired) electrons. The molecule has 9 nitrogen and oxygen atoms in total. The molecule has 1 aromatic carbocycles. The van der Waals surface area contributed by atoms with Gasteiger partial charge in [-0.1, -0.05) is 18.2 Å². The Hall–Kier alpha value is -3.83. The molecule has 0 fully saturated rings. The van der Waals surface area contributed by atoms with Gasteiger partial charge in [0.25, 0.3) is 0 Å². The number of carbonyl (C=O) groups is 4. The van der Waals surface area contributed by atoms with E-state index in [1.807, 2.05) is 0 Å². The molecule has 0 atom stereocenters. The van der Waals surface area contributed by atoms with Crippen LogP contribution in [0, 0.1) is 0 Å². The zero-order valence-corrected chi connectivity index (χ0v) is 21.0. The minimum Gasteiger partial charge on any atom is -0.462 e. The highest BCUT2D eigenvalue weighted by atomic mass is 32.1. The molecule has 36 heavy (non-hydrogen) atoms. The van der Waals surface area contributed by atoms with Crippen LogP contribution in [0.15, 0.2) is 46.9 Å². The van der Waals surface area contributed by atoms with Gasteiger partial charge in [-0.3, -0.25) is 9.59 Å². The van der Waals surface area contributed by atoms with Crippen molar-refractivity contribution in [3.63, 3.8) is 0 Å². The number of ether oxygens (including phenoxy) is 2. The maximum atomic E-state index is 12.5. The fraction of sp³-hybridized carbons (Fsp3) is 0.240. The number of nitrogens with zero attached hydrogens (tertiary/aromatic N) is 1. The van der Waals surface area contributed by atoms with Gasteiger partial charge in [-0.25, -0.2) is 15.0 Å². The smallest absolute Gasteiger partial charge is 0.353 e. The average Bonchev–Trinajstić information content (AvgIpc) is 3.53. The highest BCUT2D eigenvalue weighted by Crippen LogP contribution is 2.38. The van der Waals surface area contributed by atoms with Crippen molar-refractivity contribution in [1.82, 2.24) is 5.43 Å². The summed E-state index contributed by atoms with van der Waals surface area (Å²) in [7, 11) is 0. The summed E-state index contributed by atoms with van der Waals surface area (Å²) in [6.07, 6.45) is 4.76. The van der Waals surface area contributed by atoms with E-state index in [1.165, 1.54) is 28.9 Å². The number of fused-ring (bicyclic) bond motifs is 1. The van der Waals surface area contributed by atoms with Crippen LogP contribution < -0.4 is 15.5 Å². The molecule has 0 saturated carbocycles. The molecule has 0 spiro atoms. The first-order chi connectivity index (χ1) is 17.5. The number of carbonyl (C=O) groups excluding carboxylic acids is 4. The molecule has 3 aromatic rings. The number of hydrogen-bond donors (Lipinski definition) is 2. The number of aryl methyl sites for hydroxylation is 1. The number of rotatable bonds is 7. The van der Waals surface area contributed by atoms with Crippen LogP contribution in [0.25, 0.3) is 0 Å². The Morgan fingerprint density at radius 1 is 1.03 bits per heavy atom. The van der Waals surface area contributed by atoms with E-state index in [0.29, 0.717) is 21.0 Å². The number of hydrogen-bond acceptors (Lipinski definition) is 9. The van der Waals surface area contributed by atoms with Gasteiger partial charge in [0.15, 0.2) is 0 Å². The Morgan fingerprint density at radius 2 is 1.83 bits per heavy atom. The lowest BCUT2D eigenvalue weighted by molar-refractivity contribution is -0.136. The van der Waals surface area contributed by atoms with Gasteiger partial charge in [-0.05, 0) is 61.7 Å². The molecule has 186 valence electrons. The number of hydrazone groups is 1. The summed E-state index contributed by atoms with van der Waals surface area (Å²) < 4.78 is 10.6. The number of nitrogens with one attached hydrogen (secondary N) is 2. The number of benzene rings is 1. The van der Waals surface area contributed by atoms with Crippen molar-refractivity contribution in [2.45, 2.75) is 32.6 Å². The Labute approximate surface area is 215 Å². The molecule has 2 amide bonds. The second-order valence-electron chi connectivity index (χ2n) is 7.69. The van der Waals surface area contributed by atoms with Crippen LogP contribution >= 0.6 is 22.7 Å². The first-order valence-electron chi connectivity index (χ1n) is 11.3. The van der Waals surface area contributed by atoms with Crippen molar-refractivity contribution < 1.29 is 28.7 Å². The third-order valence-corrected chi connectivity index (χ3v) is 7.36. The van der Waals surface area contributed by atoms with Gasteiger partial charge >= 0.3 is 23.8 Å². The van der Waals surface area contributed by atoms with Crippen LogP contribution in [-0.4, -0.2) is 36.6 Å². The normalized spacial score (nSPS) is 12.6. The molecule has 4 rings (SSSR count). The lowest BCUT2D eigenvalue weighted by Crippen LogP contribution is -2.32. The predicted octanol–water partition coefficient (Wildman–Crippen LogP) is 4.17. The summed E-state index contributed by atoms with van der Waals surface area (Å²) >= 11 is 2.55. The first kappa shape index (κ1) is 25.3. The van der Waals surface area contributed by atoms with E-state index in [2.05, 4.69) is 15.8 Å². The first-order valence-corrected chi connectivity index (χ1v) is 13.0. The maximum Gasteiger partial charge on any atom is 0.353 e. The number of esters is 2. The highest BCUT2D eigenvalue weighted by molar-refractivity contribution is 7.17. The summed E-state index contributed by atoms with van der Waals surface area (Å²) in [6.45, 7) is 1.91. The van der Waals surface area contributed by atoms with Crippen LogP contribution in [0.4, 0.5) is 5.00 Å². The lowest BCUT2D eigenvalue weighted by atomic mass is 9.95. The average molecular weight is 526 g/mol. The summed E-state index contributed by atoms with van der Waals surface area (Å²) in [5.41, 5.74) is 3.80. The van der Waals surface area contributed by atoms with E-state index in [9.17, 15) is 19.2 Å². The third kappa shape index (κ3) is 5.86. The van der Waals surface area contributed by atoms with Crippen LogP contribution in [0.2, 0.25) is 0 Å². The number of para-hydroxylation sites is 1. The second-order valence-corrected chi connectivity index (χ2v) is 9.75. The van der Waals surface area contributed by atoms with Crippen molar-refractivity contribution in [2.75, 3.05) is 11.9 Å². The van der Waals surface area contributed by atoms with Gasteiger partial charge in [0, 0.05) is 10.4 Å². The number of amides is 2. The van der Waals surface area contributed by atoms with E-state index in [4.69, 9.17) is 9.47 Å². The maximum absolute atomic E-state index is 12.5. The topological polar surface area (TPSA) is 123 Å². The molecule has 1 aliphatic rings. The largest absolute Gasteiger partial charge is 0.462 e. The van der Waals surface area contributed by atoms with Gasteiger partial charge in [-0.15, -0.1) is 22.7 Å². The van der Waals surface area contributed by atoms with Crippen molar-refractivity contribution in [3.05, 3.63) is 68.2 Å². The Kier molecular flexibility index (Phi) is 8.24. The van der Waals surface area contributed by atoms with Gasteiger partial charge < -0.3 is 14.8 Å². The minimum atomic E-state index is -1.01. The standard InChI is InChI=1S/C25H23N3O6S2/c1-2-33-25(32)20-16-9-4-6-11-18(16)36-23(20)27-21(29)22(30)28-26-14-15-8-3-5-10-17(15)34-24(31)19-12-7-13-35-19/h3,5,7-8,10,12-14H,2,4,6,9,11H2,1H3,(H,27,29)(H,28,30). The quantitative estimate of drug-likeness (QED) is 0.157. The summed E-state index contributed by atoms with van der Waals surface area (Å²) in [6, 6.07) is 10.1. The Balaban J connectivity index is 1.42. The van der Waals surface area contributed by atoms with Crippen molar-refractivity contribution in [1.29, 1.82) is 0 Å². The zero-order valence-electron chi connectivity index (χ0n) is 19.4. The van der Waals surface area contributed by atoms with E-state index in [-0.39, 0.29) is 12.4 Å². The third-order valence-electron chi connectivity index (χ3n) is 5.30. The van der Waals surface area contributed by atoms with E-state index >= 15 is 0 Å². The molecule has 11 heteroatoms. The van der Waals surface area contributed by atoms with E-state index < -0.39 is 23.8 Å². The molecule has 0 saturated heterocycles. The molecular formula is C25H23N3O6S2. The zero-order chi connectivity index (χ0) is 25.5. The Morgan fingerprint density at radius 3 is 2.61 bits per heavy atom. The van der Waals surface area contributed by atoms with E-state index in [0.717, 1.165) is 36.1 Å². The van der Waals surface area contributed by atoms with Crippen molar-refractivity contribution in [3.8, 4) is 5.75 Å². The van der Waals surface area contributed by atoms with Crippen molar-refractivity contribution >= 4 is 57.6 Å². The molecule has 1 aliphatic carbocycles. The van der Waals surface area contributed by atoms with Crippen molar-refractivity contribution in [2.24, 2.45) is 5.10 Å². The summed E-state index contributed by atoms with van der Waals surface area (Å²) in [4.78, 5) is 51.2. The molecule has 2 aromatic heterocycles. The molecule has 0 bridgehead atoms. The summed E-state index contributed by atoms with van der Waals surface area (Å²) in [5, 5.41) is 8.43. The highest BCUT2D eigenvalue weighted by Gasteiger charge is 2.28. The van der Waals surface area contributed by atoms with Crippen LogP contribution in [0.3, 0.4) is 0 Å². The molecule has 2 N–H and O–H groups in total. The van der Waals surface area contributed by atoms with Gasteiger partial charge in [0.05, 0.1) is 18.4 Å². The molecule has 0 aliphatic heterocycles. The monoisotopic (exact) mass is 525 g/mol. The SMILES string of the molecule is CCOC(=O)c1c(NC(=O)C(=O)NN=Cc2ccccc2OC(=O)c2cccs2)sc2c1CCCC2. The summed E-state index contributed by atoms with van der Waals surface area (Å²) in [5.74, 6) is -2.75. The minimum absolute atomic E-state index is 0.205. The van der Waals surface area contributed by atoms with Gasteiger partial charge in [-0.2, -0.15) is 5.10 Å². The van der Waals surface area contributed by atoms with Gasteiger partial charge in [0.1, 0.15) is 15.6 Å². The lowest BCUT2D eigenvalue weighted by Gasteiger charge is -2.12. The predicted molar refractivity (Wildman–Crippen MR) is 137 cm³/mol. The number of thiophene rings is 2.